The van der Waals surface area contributed by atoms with Crippen molar-refractivity contribution < 1.29 is 4.79 Å². The Labute approximate surface area is 89.0 Å². The second-order valence-corrected chi connectivity index (χ2v) is 3.06. The van der Waals surface area contributed by atoms with E-state index in [-0.39, 0.29) is 11.4 Å². The van der Waals surface area contributed by atoms with Crippen molar-refractivity contribution in [3.8, 4) is 6.07 Å². The lowest BCUT2D eigenvalue weighted by Crippen LogP contribution is -2.11. The van der Waals surface area contributed by atoms with Crippen molar-refractivity contribution in [2.24, 2.45) is 0 Å². The molecule has 15 heavy (non-hydrogen) atoms. The highest BCUT2D eigenvalue weighted by atomic mass is 16.1. The predicted molar refractivity (Wildman–Crippen MR) is 58.1 cm³/mol. The Morgan fingerprint density at radius 3 is 2.40 bits per heavy atom. The molecule has 0 aliphatic carbocycles. The molecule has 0 saturated carbocycles. The van der Waals surface area contributed by atoms with Crippen LogP contribution < -0.4 is 5.32 Å². The molecule has 0 atom stereocenters. The minimum atomic E-state index is -0.245. The van der Waals surface area contributed by atoms with Crippen molar-refractivity contribution in [2.45, 2.75) is 6.92 Å². The van der Waals surface area contributed by atoms with Crippen LogP contribution in [0, 0.1) is 11.3 Å². The highest BCUT2D eigenvalue weighted by molar-refractivity contribution is 6.11. The maximum absolute atomic E-state index is 11.9. The summed E-state index contributed by atoms with van der Waals surface area (Å²) in [4.78, 5) is 11.9. The zero-order chi connectivity index (χ0) is 11.3. The fourth-order valence-corrected chi connectivity index (χ4v) is 1.16. The summed E-state index contributed by atoms with van der Waals surface area (Å²) in [5.74, 6) is -0.245. The van der Waals surface area contributed by atoms with E-state index in [2.05, 4.69) is 5.32 Å². The van der Waals surface area contributed by atoms with Crippen LogP contribution in [0.5, 0.6) is 0 Å². The van der Waals surface area contributed by atoms with E-state index in [0.29, 0.717) is 11.3 Å². The molecule has 3 heteroatoms. The first kappa shape index (κ1) is 11.0. The smallest absolute Gasteiger partial charge is 0.205 e. The Bertz CT molecular complexity index is 427. The third-order valence-electron chi connectivity index (χ3n) is 2.12. The first-order valence-corrected chi connectivity index (χ1v) is 4.59. The van der Waals surface area contributed by atoms with Crippen molar-refractivity contribution >= 4 is 5.78 Å². The first-order chi connectivity index (χ1) is 7.20. The molecule has 1 N–H and O–H groups in total. The number of nitrogens with one attached hydrogen (secondary N) is 1. The average molecular weight is 200 g/mol. The summed E-state index contributed by atoms with van der Waals surface area (Å²) in [6, 6.07) is 10.7. The molecule has 0 bridgehead atoms. The Hall–Kier alpha value is -2.08. The number of hydrogen-bond donors (Lipinski definition) is 1. The standard InChI is InChI=1S/C12H12N2O/c1-9(14-2)11(8-13)12(15)10-6-4-3-5-7-10/h3-7,14H,1-2H3/b11-9+. The van der Waals surface area contributed by atoms with E-state index >= 15 is 0 Å². The number of carbonyl (C=O) groups excluding carboxylic acids is 1. The quantitative estimate of drug-likeness (QED) is 0.460. The molecular formula is C12H12N2O. The molecule has 0 aromatic heterocycles. The lowest BCUT2D eigenvalue weighted by Gasteiger charge is -2.03. The number of nitriles is 1. The van der Waals surface area contributed by atoms with Gasteiger partial charge >= 0.3 is 0 Å². The first-order valence-electron chi connectivity index (χ1n) is 4.59. The number of Topliss-reactive ketones (excluding diaryl/α,β-unsaturated/α-hetero) is 1. The molecule has 0 amide bonds. The van der Waals surface area contributed by atoms with Gasteiger partial charge in [0, 0.05) is 18.3 Å². The van der Waals surface area contributed by atoms with Crippen LogP contribution in [0.15, 0.2) is 41.6 Å². The van der Waals surface area contributed by atoms with E-state index in [1.807, 2.05) is 12.1 Å². The van der Waals surface area contributed by atoms with Crippen molar-refractivity contribution in [1.29, 1.82) is 5.26 Å². The summed E-state index contributed by atoms with van der Waals surface area (Å²) < 4.78 is 0. The van der Waals surface area contributed by atoms with E-state index in [1.165, 1.54) is 0 Å². The van der Waals surface area contributed by atoms with Crippen LogP contribution >= 0.6 is 0 Å². The third kappa shape index (κ3) is 2.44. The highest BCUT2D eigenvalue weighted by Gasteiger charge is 2.13. The molecule has 1 aromatic carbocycles. The highest BCUT2D eigenvalue weighted by Crippen LogP contribution is 2.09. The SMILES string of the molecule is CN/C(C)=C(\C#N)C(=O)c1ccccc1. The Kier molecular flexibility index (Phi) is 3.64. The fourth-order valence-electron chi connectivity index (χ4n) is 1.16. The van der Waals surface area contributed by atoms with E-state index in [1.54, 1.807) is 38.2 Å². The van der Waals surface area contributed by atoms with Crippen molar-refractivity contribution in [1.82, 2.24) is 5.32 Å². The Morgan fingerprint density at radius 1 is 1.33 bits per heavy atom. The number of hydrogen-bond acceptors (Lipinski definition) is 3. The Morgan fingerprint density at radius 2 is 1.93 bits per heavy atom. The van der Waals surface area contributed by atoms with E-state index in [0.717, 1.165) is 0 Å². The van der Waals surface area contributed by atoms with Gasteiger partial charge in [-0.1, -0.05) is 30.3 Å². The van der Waals surface area contributed by atoms with Gasteiger partial charge in [0.25, 0.3) is 0 Å². The summed E-state index contributed by atoms with van der Waals surface area (Å²) in [6.45, 7) is 1.71. The fraction of sp³-hybridized carbons (Fsp3) is 0.167. The average Bonchev–Trinajstić information content (AvgIpc) is 2.30. The van der Waals surface area contributed by atoms with Gasteiger partial charge in [-0.3, -0.25) is 4.79 Å². The molecule has 0 unspecified atom stereocenters. The summed E-state index contributed by atoms with van der Waals surface area (Å²) in [5.41, 5.74) is 1.28. The lowest BCUT2D eigenvalue weighted by molar-refractivity contribution is 0.103. The minimum absolute atomic E-state index is 0.156. The lowest BCUT2D eigenvalue weighted by atomic mass is 10.0. The van der Waals surface area contributed by atoms with Crippen LogP contribution in [0.25, 0.3) is 0 Å². The summed E-state index contributed by atoms with van der Waals surface area (Å²) in [5, 5.41) is 11.7. The molecule has 0 radical (unpaired) electrons. The van der Waals surface area contributed by atoms with Gasteiger partial charge in [-0.05, 0) is 6.92 Å². The van der Waals surface area contributed by atoms with Gasteiger partial charge in [0.1, 0.15) is 11.6 Å². The summed E-state index contributed by atoms with van der Waals surface area (Å²) >= 11 is 0. The van der Waals surface area contributed by atoms with Crippen LogP contribution in [-0.2, 0) is 0 Å². The van der Waals surface area contributed by atoms with Gasteiger partial charge in [-0.2, -0.15) is 5.26 Å². The van der Waals surface area contributed by atoms with E-state index in [9.17, 15) is 4.79 Å². The number of carbonyl (C=O) groups is 1. The van der Waals surface area contributed by atoms with Crippen LogP contribution in [-0.4, -0.2) is 12.8 Å². The molecule has 3 nitrogen and oxygen atoms in total. The molecule has 0 aliphatic heterocycles. The van der Waals surface area contributed by atoms with Crippen LogP contribution in [0.2, 0.25) is 0 Å². The topological polar surface area (TPSA) is 52.9 Å². The minimum Gasteiger partial charge on any atom is -0.390 e. The summed E-state index contributed by atoms with van der Waals surface area (Å²) in [6.07, 6.45) is 0. The molecule has 0 spiro atoms. The maximum Gasteiger partial charge on any atom is 0.205 e. The van der Waals surface area contributed by atoms with Crippen molar-refractivity contribution in [3.63, 3.8) is 0 Å². The van der Waals surface area contributed by atoms with Gasteiger partial charge in [-0.25, -0.2) is 0 Å². The Balaban J connectivity index is 3.11. The normalized spacial score (nSPS) is 11.3. The number of rotatable bonds is 3. The second kappa shape index (κ2) is 4.97. The largest absolute Gasteiger partial charge is 0.390 e. The second-order valence-electron chi connectivity index (χ2n) is 3.06. The monoisotopic (exact) mass is 200 g/mol. The molecule has 1 aromatic rings. The number of allylic oxidation sites excluding steroid dienone is 2. The summed E-state index contributed by atoms with van der Waals surface area (Å²) in [7, 11) is 1.69. The predicted octanol–water partition coefficient (Wildman–Crippen LogP) is 1.89. The molecule has 0 heterocycles. The molecule has 0 aliphatic rings. The number of nitrogens with zero attached hydrogens (tertiary/aromatic N) is 1. The van der Waals surface area contributed by atoms with Gasteiger partial charge in [0.05, 0.1) is 0 Å². The number of ketones is 1. The molecule has 0 saturated heterocycles. The molecule has 1 rings (SSSR count). The molecular weight excluding hydrogens is 188 g/mol. The zero-order valence-corrected chi connectivity index (χ0v) is 8.74. The zero-order valence-electron chi connectivity index (χ0n) is 8.74. The molecule has 0 fully saturated rings. The van der Waals surface area contributed by atoms with Gasteiger partial charge in [-0.15, -0.1) is 0 Å². The molecule has 76 valence electrons. The number of benzene rings is 1. The van der Waals surface area contributed by atoms with Crippen LogP contribution in [0.1, 0.15) is 17.3 Å². The third-order valence-corrected chi connectivity index (χ3v) is 2.12. The van der Waals surface area contributed by atoms with Crippen LogP contribution in [0.3, 0.4) is 0 Å². The van der Waals surface area contributed by atoms with Gasteiger partial charge < -0.3 is 5.32 Å². The van der Waals surface area contributed by atoms with Crippen molar-refractivity contribution in [2.75, 3.05) is 7.05 Å². The van der Waals surface area contributed by atoms with Gasteiger partial charge in [0.2, 0.25) is 5.78 Å². The maximum atomic E-state index is 11.9. The van der Waals surface area contributed by atoms with Crippen molar-refractivity contribution in [3.05, 3.63) is 47.2 Å². The van der Waals surface area contributed by atoms with Gasteiger partial charge in [0.15, 0.2) is 0 Å². The van der Waals surface area contributed by atoms with Crippen LogP contribution in [0.4, 0.5) is 0 Å². The van der Waals surface area contributed by atoms with E-state index in [4.69, 9.17) is 5.26 Å². The van der Waals surface area contributed by atoms with E-state index < -0.39 is 0 Å².